The number of ether oxygens (including phenoxy) is 1. The topological polar surface area (TPSA) is 49.9 Å². The van der Waals surface area contributed by atoms with Crippen LogP contribution in [0.2, 0.25) is 0 Å². The maximum atomic E-state index is 5.82. The van der Waals surface area contributed by atoms with Gasteiger partial charge in [0.25, 0.3) is 0 Å². The first-order valence-electron chi connectivity index (χ1n) is 7.70. The first-order valence-corrected chi connectivity index (χ1v) is 7.70. The van der Waals surface area contributed by atoms with E-state index in [1.807, 2.05) is 12.1 Å². The van der Waals surface area contributed by atoms with Gasteiger partial charge in [-0.25, -0.2) is 0 Å². The molecule has 1 saturated heterocycles. The fourth-order valence-electron chi connectivity index (χ4n) is 2.68. The number of nitrogens with one attached hydrogen (secondary N) is 2. The van der Waals surface area contributed by atoms with Crippen molar-refractivity contribution in [3.63, 3.8) is 0 Å². The van der Waals surface area contributed by atoms with Gasteiger partial charge in [0, 0.05) is 12.5 Å². The Balaban J connectivity index is 1.57. The van der Waals surface area contributed by atoms with Crippen LogP contribution in [0.4, 0.5) is 0 Å². The van der Waals surface area contributed by atoms with E-state index in [1.165, 1.54) is 12.0 Å². The Bertz CT molecular complexity index is 568. The van der Waals surface area contributed by atoms with Gasteiger partial charge in [0.2, 0.25) is 0 Å². The molecular formula is C17H23N3O. The van der Waals surface area contributed by atoms with Gasteiger partial charge >= 0.3 is 0 Å². The van der Waals surface area contributed by atoms with Gasteiger partial charge in [0.05, 0.1) is 11.4 Å². The number of benzene rings is 1. The predicted molar refractivity (Wildman–Crippen MR) is 83.7 cm³/mol. The molecule has 0 spiro atoms. The second-order valence-corrected chi connectivity index (χ2v) is 6.02. The van der Waals surface area contributed by atoms with Crippen molar-refractivity contribution in [2.75, 3.05) is 13.1 Å². The van der Waals surface area contributed by atoms with E-state index in [1.54, 1.807) is 0 Å². The molecule has 1 aromatic heterocycles. The molecule has 0 unspecified atom stereocenters. The Kier molecular flexibility index (Phi) is 4.25. The fourth-order valence-corrected chi connectivity index (χ4v) is 2.68. The summed E-state index contributed by atoms with van der Waals surface area (Å²) < 4.78 is 5.82. The second kappa shape index (κ2) is 6.31. The van der Waals surface area contributed by atoms with E-state index in [4.69, 9.17) is 4.74 Å². The summed E-state index contributed by atoms with van der Waals surface area (Å²) in [5.41, 5.74) is 3.51. The van der Waals surface area contributed by atoms with E-state index in [-0.39, 0.29) is 0 Å². The van der Waals surface area contributed by atoms with Crippen LogP contribution in [0.15, 0.2) is 30.3 Å². The van der Waals surface area contributed by atoms with Crippen molar-refractivity contribution in [1.29, 1.82) is 0 Å². The number of hydrogen-bond acceptors (Lipinski definition) is 3. The molecule has 1 aromatic carbocycles. The molecule has 0 bridgehead atoms. The average Bonchev–Trinajstić information content (AvgIpc) is 3.16. The Morgan fingerprint density at radius 1 is 1.29 bits per heavy atom. The van der Waals surface area contributed by atoms with Crippen LogP contribution in [0.3, 0.4) is 0 Å². The Hall–Kier alpha value is -1.81. The summed E-state index contributed by atoms with van der Waals surface area (Å²) in [6.45, 7) is 7.04. The molecule has 0 aliphatic carbocycles. The number of hydrogen-bond donors (Lipinski definition) is 2. The number of aromatic amines is 1. The molecule has 1 atom stereocenters. The number of H-pyrrole nitrogens is 1. The summed E-state index contributed by atoms with van der Waals surface area (Å²) in [6, 6.07) is 10.5. The quantitative estimate of drug-likeness (QED) is 0.887. The average molecular weight is 285 g/mol. The second-order valence-electron chi connectivity index (χ2n) is 6.02. The maximum Gasteiger partial charge on any atom is 0.130 e. The van der Waals surface area contributed by atoms with Gasteiger partial charge in [0.1, 0.15) is 12.4 Å². The summed E-state index contributed by atoms with van der Waals surface area (Å²) in [4.78, 5) is 0. The van der Waals surface area contributed by atoms with Gasteiger partial charge in [-0.2, -0.15) is 5.10 Å². The third-order valence-electron chi connectivity index (χ3n) is 4.07. The monoisotopic (exact) mass is 285 g/mol. The van der Waals surface area contributed by atoms with Crippen LogP contribution in [0, 0.1) is 0 Å². The van der Waals surface area contributed by atoms with Gasteiger partial charge < -0.3 is 10.1 Å². The number of nitrogens with zero attached hydrogens (tertiary/aromatic N) is 1. The summed E-state index contributed by atoms with van der Waals surface area (Å²) in [5, 5.41) is 10.8. The van der Waals surface area contributed by atoms with Crippen molar-refractivity contribution in [2.45, 2.75) is 38.7 Å². The van der Waals surface area contributed by atoms with E-state index < -0.39 is 0 Å². The van der Waals surface area contributed by atoms with Gasteiger partial charge in [-0.3, -0.25) is 5.10 Å². The zero-order chi connectivity index (χ0) is 14.7. The molecule has 2 aromatic rings. The molecule has 1 aliphatic heterocycles. The van der Waals surface area contributed by atoms with Gasteiger partial charge in [0.15, 0.2) is 0 Å². The molecule has 0 saturated carbocycles. The third kappa shape index (κ3) is 3.45. The van der Waals surface area contributed by atoms with Crippen LogP contribution in [-0.2, 0) is 6.61 Å². The van der Waals surface area contributed by atoms with Crippen LogP contribution in [-0.4, -0.2) is 23.3 Å². The molecule has 0 radical (unpaired) electrons. The first-order chi connectivity index (χ1) is 10.2. The lowest BCUT2D eigenvalue weighted by atomic mass is 10.0. The minimum atomic E-state index is 0.536. The molecule has 2 heterocycles. The van der Waals surface area contributed by atoms with Crippen LogP contribution in [0.1, 0.15) is 49.1 Å². The smallest absolute Gasteiger partial charge is 0.130 e. The molecule has 0 amide bonds. The van der Waals surface area contributed by atoms with E-state index in [0.29, 0.717) is 18.4 Å². The lowest BCUT2D eigenvalue weighted by Crippen LogP contribution is -2.08. The first kappa shape index (κ1) is 14.1. The Morgan fingerprint density at radius 2 is 2.10 bits per heavy atom. The molecule has 4 heteroatoms. The zero-order valence-electron chi connectivity index (χ0n) is 12.7. The molecular weight excluding hydrogens is 262 g/mol. The standard InChI is InChI=1S/C17H23N3O/c1-12(2)13-3-5-16(6-4-13)21-11-15-9-17(20-19-15)14-7-8-18-10-14/h3-6,9,12,14,18H,7-8,10-11H2,1-2H3,(H,19,20)/t14-/m0/s1. The van der Waals surface area contributed by atoms with Crippen LogP contribution >= 0.6 is 0 Å². The van der Waals surface area contributed by atoms with E-state index in [2.05, 4.69) is 47.6 Å². The highest BCUT2D eigenvalue weighted by Crippen LogP contribution is 2.22. The largest absolute Gasteiger partial charge is 0.487 e. The lowest BCUT2D eigenvalue weighted by Gasteiger charge is -2.08. The SMILES string of the molecule is CC(C)c1ccc(OCc2cc([C@H]3CCNC3)n[nH]2)cc1. The minimum absolute atomic E-state index is 0.536. The molecule has 4 nitrogen and oxygen atoms in total. The van der Waals surface area contributed by atoms with Crippen LogP contribution in [0.5, 0.6) is 5.75 Å². The van der Waals surface area contributed by atoms with Crippen molar-refractivity contribution in [2.24, 2.45) is 0 Å². The van der Waals surface area contributed by atoms with Crippen molar-refractivity contribution >= 4 is 0 Å². The van der Waals surface area contributed by atoms with Crippen LogP contribution in [0.25, 0.3) is 0 Å². The molecule has 1 aliphatic rings. The summed E-state index contributed by atoms with van der Waals surface area (Å²) in [7, 11) is 0. The molecule has 3 rings (SSSR count). The van der Waals surface area contributed by atoms with Crippen LogP contribution < -0.4 is 10.1 Å². The Labute approximate surface area is 125 Å². The normalized spacial score (nSPS) is 18.3. The summed E-state index contributed by atoms with van der Waals surface area (Å²) in [5.74, 6) is 1.99. The predicted octanol–water partition coefficient (Wildman–Crippen LogP) is 3.19. The van der Waals surface area contributed by atoms with Gasteiger partial charge in [-0.05, 0) is 42.6 Å². The molecule has 2 N–H and O–H groups in total. The number of aromatic nitrogens is 2. The van der Waals surface area contributed by atoms with Gasteiger partial charge in [-0.1, -0.05) is 26.0 Å². The van der Waals surface area contributed by atoms with E-state index in [0.717, 1.165) is 30.2 Å². The zero-order valence-corrected chi connectivity index (χ0v) is 12.7. The fraction of sp³-hybridized carbons (Fsp3) is 0.471. The Morgan fingerprint density at radius 3 is 2.76 bits per heavy atom. The van der Waals surface area contributed by atoms with E-state index in [9.17, 15) is 0 Å². The van der Waals surface area contributed by atoms with E-state index >= 15 is 0 Å². The van der Waals surface area contributed by atoms with Crippen molar-refractivity contribution in [3.05, 3.63) is 47.3 Å². The number of rotatable bonds is 5. The van der Waals surface area contributed by atoms with Crippen molar-refractivity contribution < 1.29 is 4.74 Å². The summed E-state index contributed by atoms with van der Waals surface area (Å²) in [6.07, 6.45) is 1.17. The van der Waals surface area contributed by atoms with Crippen molar-refractivity contribution in [1.82, 2.24) is 15.5 Å². The van der Waals surface area contributed by atoms with Crippen molar-refractivity contribution in [3.8, 4) is 5.75 Å². The molecule has 112 valence electrons. The van der Waals surface area contributed by atoms with Gasteiger partial charge in [-0.15, -0.1) is 0 Å². The lowest BCUT2D eigenvalue weighted by molar-refractivity contribution is 0.301. The summed E-state index contributed by atoms with van der Waals surface area (Å²) >= 11 is 0. The third-order valence-corrected chi connectivity index (χ3v) is 4.07. The highest BCUT2D eigenvalue weighted by Gasteiger charge is 2.19. The highest BCUT2D eigenvalue weighted by atomic mass is 16.5. The maximum absolute atomic E-state index is 5.82. The molecule has 21 heavy (non-hydrogen) atoms. The minimum Gasteiger partial charge on any atom is -0.487 e. The highest BCUT2D eigenvalue weighted by molar-refractivity contribution is 5.29. The molecule has 1 fully saturated rings.